The molecule has 1 heterocycles. The van der Waals surface area contributed by atoms with E-state index >= 15 is 0 Å². The molecule has 0 fully saturated rings. The first-order chi connectivity index (χ1) is 7.99. The molecular formula is C9H7BrClN3O2S. The number of benzene rings is 1. The van der Waals surface area contributed by atoms with E-state index in [0.29, 0.717) is 15.2 Å². The molecule has 17 heavy (non-hydrogen) atoms. The highest BCUT2D eigenvalue weighted by Crippen LogP contribution is 2.27. The van der Waals surface area contributed by atoms with E-state index in [1.807, 2.05) is 0 Å². The van der Waals surface area contributed by atoms with E-state index in [9.17, 15) is 8.42 Å². The first-order valence-corrected chi connectivity index (χ1v) is 7.11. The predicted molar refractivity (Wildman–Crippen MR) is 68.5 cm³/mol. The standard InChI is InChI=1S/C9H7BrClN3O2S/c10-8-2-1-6(11)3-9(8)14-17(15,16)7-4-12-13-5-7/h1-5,14H,(H,12,13). The first-order valence-electron chi connectivity index (χ1n) is 4.46. The minimum Gasteiger partial charge on any atom is -0.284 e. The molecule has 5 nitrogen and oxygen atoms in total. The third-order valence-corrected chi connectivity index (χ3v) is 4.22. The van der Waals surface area contributed by atoms with Crippen LogP contribution in [0.25, 0.3) is 0 Å². The van der Waals surface area contributed by atoms with Crippen molar-refractivity contribution >= 4 is 43.2 Å². The number of sulfonamides is 1. The first kappa shape index (κ1) is 12.4. The number of rotatable bonds is 3. The summed E-state index contributed by atoms with van der Waals surface area (Å²) in [5.41, 5.74) is 0.374. The number of nitrogens with zero attached hydrogens (tertiary/aromatic N) is 1. The van der Waals surface area contributed by atoms with Gasteiger partial charge in [-0.05, 0) is 34.1 Å². The Balaban J connectivity index is 2.36. The second-order valence-corrected chi connectivity index (χ2v) is 6.14. The van der Waals surface area contributed by atoms with Crippen LogP contribution < -0.4 is 4.72 Å². The molecule has 0 bridgehead atoms. The highest BCUT2D eigenvalue weighted by atomic mass is 79.9. The molecule has 8 heteroatoms. The fourth-order valence-electron chi connectivity index (χ4n) is 1.17. The van der Waals surface area contributed by atoms with Crippen molar-refractivity contribution in [1.29, 1.82) is 0 Å². The van der Waals surface area contributed by atoms with E-state index in [1.165, 1.54) is 18.5 Å². The minimum atomic E-state index is -3.64. The van der Waals surface area contributed by atoms with Crippen LogP contribution in [0.2, 0.25) is 5.02 Å². The summed E-state index contributed by atoms with van der Waals surface area (Å²) in [6.45, 7) is 0. The van der Waals surface area contributed by atoms with Gasteiger partial charge in [0.2, 0.25) is 0 Å². The number of anilines is 1. The number of H-pyrrole nitrogens is 1. The van der Waals surface area contributed by atoms with Gasteiger partial charge in [-0.1, -0.05) is 11.6 Å². The van der Waals surface area contributed by atoms with Crippen molar-refractivity contribution in [2.45, 2.75) is 4.90 Å². The Hall–Kier alpha value is -1.05. The lowest BCUT2D eigenvalue weighted by Crippen LogP contribution is -2.12. The number of halogens is 2. The van der Waals surface area contributed by atoms with Crippen molar-refractivity contribution in [1.82, 2.24) is 10.2 Å². The molecule has 2 rings (SSSR count). The van der Waals surface area contributed by atoms with Crippen LogP contribution in [0.1, 0.15) is 0 Å². The van der Waals surface area contributed by atoms with Crippen LogP contribution in [0.4, 0.5) is 5.69 Å². The van der Waals surface area contributed by atoms with Crippen molar-refractivity contribution in [3.63, 3.8) is 0 Å². The van der Waals surface area contributed by atoms with Gasteiger partial charge < -0.3 is 0 Å². The van der Waals surface area contributed by atoms with Crippen LogP contribution in [-0.4, -0.2) is 18.6 Å². The second-order valence-electron chi connectivity index (χ2n) is 3.16. The van der Waals surface area contributed by atoms with E-state index < -0.39 is 10.0 Å². The molecule has 90 valence electrons. The van der Waals surface area contributed by atoms with Gasteiger partial charge in [0.05, 0.1) is 11.9 Å². The molecule has 0 spiro atoms. The Morgan fingerprint density at radius 1 is 1.41 bits per heavy atom. The van der Waals surface area contributed by atoms with E-state index in [2.05, 4.69) is 30.8 Å². The molecule has 0 aliphatic carbocycles. The second kappa shape index (κ2) is 4.67. The summed E-state index contributed by atoms with van der Waals surface area (Å²) in [6.07, 6.45) is 2.52. The molecule has 1 aromatic heterocycles. The van der Waals surface area contributed by atoms with Gasteiger partial charge in [-0.3, -0.25) is 9.82 Å². The zero-order chi connectivity index (χ0) is 12.5. The topological polar surface area (TPSA) is 74.8 Å². The molecule has 0 atom stereocenters. The fourth-order valence-corrected chi connectivity index (χ4v) is 2.79. The van der Waals surface area contributed by atoms with E-state index in [-0.39, 0.29) is 4.90 Å². The van der Waals surface area contributed by atoms with Crippen molar-refractivity contribution in [2.75, 3.05) is 4.72 Å². The van der Waals surface area contributed by atoms with Gasteiger partial charge in [0.1, 0.15) is 4.90 Å². The van der Waals surface area contributed by atoms with Gasteiger partial charge in [0.25, 0.3) is 10.0 Å². The average molecular weight is 337 g/mol. The number of aromatic nitrogens is 2. The molecule has 0 aliphatic heterocycles. The van der Waals surface area contributed by atoms with Gasteiger partial charge in [-0.15, -0.1) is 0 Å². The summed E-state index contributed by atoms with van der Waals surface area (Å²) in [6, 6.07) is 4.83. The van der Waals surface area contributed by atoms with Crippen LogP contribution in [0.3, 0.4) is 0 Å². The fraction of sp³-hybridized carbons (Fsp3) is 0. The highest BCUT2D eigenvalue weighted by molar-refractivity contribution is 9.10. The molecule has 2 aromatic rings. The van der Waals surface area contributed by atoms with Crippen LogP contribution >= 0.6 is 27.5 Å². The maximum absolute atomic E-state index is 11.9. The van der Waals surface area contributed by atoms with E-state index in [1.54, 1.807) is 12.1 Å². The largest absolute Gasteiger partial charge is 0.284 e. The SMILES string of the molecule is O=S(=O)(Nc1cc(Cl)ccc1Br)c1cn[nH]c1. The Labute approximate surface area is 111 Å². The molecule has 0 saturated carbocycles. The maximum Gasteiger partial charge on any atom is 0.265 e. The van der Waals surface area contributed by atoms with Crippen LogP contribution in [0, 0.1) is 0 Å². The lowest BCUT2D eigenvalue weighted by Gasteiger charge is -2.08. The normalized spacial score (nSPS) is 11.4. The Kier molecular flexibility index (Phi) is 3.41. The van der Waals surface area contributed by atoms with Crippen molar-refractivity contribution in [2.24, 2.45) is 0 Å². The van der Waals surface area contributed by atoms with Gasteiger partial charge >= 0.3 is 0 Å². The monoisotopic (exact) mass is 335 g/mol. The molecule has 0 amide bonds. The predicted octanol–water partition coefficient (Wildman–Crippen LogP) is 2.63. The van der Waals surface area contributed by atoms with E-state index in [4.69, 9.17) is 11.6 Å². The Bertz CT molecular complexity index is 628. The van der Waals surface area contributed by atoms with Gasteiger partial charge in [-0.2, -0.15) is 5.10 Å². The Morgan fingerprint density at radius 3 is 2.82 bits per heavy atom. The maximum atomic E-state index is 11.9. The summed E-state index contributed by atoms with van der Waals surface area (Å²) in [4.78, 5) is 0.0596. The molecule has 1 aromatic carbocycles. The van der Waals surface area contributed by atoms with Gasteiger partial charge in [-0.25, -0.2) is 8.42 Å². The summed E-state index contributed by atoms with van der Waals surface area (Å²) < 4.78 is 26.8. The van der Waals surface area contributed by atoms with Crippen molar-refractivity contribution in [3.05, 3.63) is 40.1 Å². The van der Waals surface area contributed by atoms with Gasteiger partial charge in [0.15, 0.2) is 0 Å². The third kappa shape index (κ3) is 2.80. The Morgan fingerprint density at radius 2 is 2.18 bits per heavy atom. The van der Waals surface area contributed by atoms with Crippen LogP contribution in [0.5, 0.6) is 0 Å². The molecule has 0 saturated heterocycles. The molecule has 0 radical (unpaired) electrons. The highest BCUT2D eigenvalue weighted by Gasteiger charge is 2.16. The number of hydrogen-bond acceptors (Lipinski definition) is 3. The lowest BCUT2D eigenvalue weighted by atomic mass is 10.3. The van der Waals surface area contributed by atoms with Crippen LogP contribution in [-0.2, 0) is 10.0 Å². The zero-order valence-electron chi connectivity index (χ0n) is 8.31. The quantitative estimate of drug-likeness (QED) is 0.905. The average Bonchev–Trinajstić information content (AvgIpc) is 2.77. The minimum absolute atomic E-state index is 0.0596. The number of hydrogen-bond donors (Lipinski definition) is 2. The third-order valence-electron chi connectivity index (χ3n) is 1.96. The van der Waals surface area contributed by atoms with E-state index in [0.717, 1.165) is 0 Å². The summed E-state index contributed by atoms with van der Waals surface area (Å²) in [7, 11) is -3.64. The summed E-state index contributed by atoms with van der Waals surface area (Å²) >= 11 is 9.03. The van der Waals surface area contributed by atoms with Gasteiger partial charge in [0, 0.05) is 15.7 Å². The smallest absolute Gasteiger partial charge is 0.265 e. The summed E-state index contributed by atoms with van der Waals surface area (Å²) in [5, 5.41) is 6.47. The summed E-state index contributed by atoms with van der Waals surface area (Å²) in [5.74, 6) is 0. The molecule has 0 unspecified atom stereocenters. The number of aromatic amines is 1. The number of nitrogens with one attached hydrogen (secondary N) is 2. The zero-order valence-corrected chi connectivity index (χ0v) is 11.5. The van der Waals surface area contributed by atoms with Crippen molar-refractivity contribution < 1.29 is 8.42 Å². The van der Waals surface area contributed by atoms with Crippen LogP contribution in [0.15, 0.2) is 40.0 Å². The lowest BCUT2D eigenvalue weighted by molar-refractivity contribution is 0.601. The van der Waals surface area contributed by atoms with Crippen molar-refractivity contribution in [3.8, 4) is 0 Å². The molecule has 0 aliphatic rings. The molecule has 2 N–H and O–H groups in total. The molecular weight excluding hydrogens is 330 g/mol.